The highest BCUT2D eigenvalue weighted by molar-refractivity contribution is 9.11. The SMILES string of the molecule is CC1(F)CC=C(n2c(-c3nonc3[N+](=O)[O-])noc2=O)C=C1Br. The van der Waals surface area contributed by atoms with Crippen molar-refractivity contribution >= 4 is 27.4 Å². The third-order valence-corrected chi connectivity index (χ3v) is 4.24. The predicted octanol–water partition coefficient (Wildman–Crippen LogP) is 2.05. The molecule has 1 aliphatic carbocycles. The lowest BCUT2D eigenvalue weighted by Crippen LogP contribution is -2.23. The Morgan fingerprint density at radius 2 is 2.22 bits per heavy atom. The minimum Gasteiger partial charge on any atom is -0.358 e. The summed E-state index contributed by atoms with van der Waals surface area (Å²) >= 11 is 3.10. The number of aromatic nitrogens is 4. The standard InChI is InChI=1S/C11H7BrFN5O5/c1-11(13)3-2-5(4-6(11)12)17-8(15-22-10(17)19)7-9(18(20)21)16-23-14-7/h2,4H,3H2,1H3. The molecule has 12 heteroatoms. The maximum atomic E-state index is 14.1. The van der Waals surface area contributed by atoms with Crippen molar-refractivity contribution in [3.05, 3.63) is 37.3 Å². The third-order valence-electron chi connectivity index (χ3n) is 3.19. The van der Waals surface area contributed by atoms with Crippen molar-refractivity contribution in [3.63, 3.8) is 0 Å². The molecule has 0 bridgehead atoms. The molecule has 10 nitrogen and oxygen atoms in total. The van der Waals surface area contributed by atoms with Crippen molar-refractivity contribution in [1.82, 2.24) is 20.0 Å². The van der Waals surface area contributed by atoms with Crippen LogP contribution in [0.5, 0.6) is 0 Å². The molecule has 0 amide bonds. The van der Waals surface area contributed by atoms with Gasteiger partial charge in [-0.2, -0.15) is 0 Å². The number of hydrogen-bond acceptors (Lipinski definition) is 8. The second kappa shape index (κ2) is 5.22. The molecule has 3 rings (SSSR count). The van der Waals surface area contributed by atoms with Crippen molar-refractivity contribution in [2.75, 3.05) is 0 Å². The van der Waals surface area contributed by atoms with E-state index < -0.39 is 22.2 Å². The average molecular weight is 388 g/mol. The van der Waals surface area contributed by atoms with Gasteiger partial charge in [0.25, 0.3) is 5.69 Å². The summed E-state index contributed by atoms with van der Waals surface area (Å²) in [5, 5.41) is 20.9. The first-order chi connectivity index (χ1) is 10.8. The van der Waals surface area contributed by atoms with Crippen molar-refractivity contribution in [2.45, 2.75) is 19.0 Å². The Morgan fingerprint density at radius 1 is 1.48 bits per heavy atom. The fourth-order valence-electron chi connectivity index (χ4n) is 1.96. The smallest absolute Gasteiger partial charge is 0.358 e. The van der Waals surface area contributed by atoms with Crippen LogP contribution >= 0.6 is 15.9 Å². The van der Waals surface area contributed by atoms with Crippen molar-refractivity contribution in [3.8, 4) is 11.5 Å². The van der Waals surface area contributed by atoms with Gasteiger partial charge in [0.15, 0.2) is 5.16 Å². The molecule has 1 aliphatic rings. The zero-order chi connectivity index (χ0) is 16.8. The van der Waals surface area contributed by atoms with Gasteiger partial charge in [0.1, 0.15) is 5.67 Å². The van der Waals surface area contributed by atoms with E-state index in [2.05, 4.69) is 40.6 Å². The largest absolute Gasteiger partial charge is 0.446 e. The molecule has 1 atom stereocenters. The Kier molecular flexibility index (Phi) is 3.47. The van der Waals surface area contributed by atoms with Gasteiger partial charge < -0.3 is 10.1 Å². The topological polar surface area (TPSA) is 130 Å². The van der Waals surface area contributed by atoms with Crippen LogP contribution in [0.1, 0.15) is 13.3 Å². The van der Waals surface area contributed by atoms with Crippen LogP contribution in [0, 0.1) is 10.1 Å². The van der Waals surface area contributed by atoms with Gasteiger partial charge in [0.05, 0.1) is 5.70 Å². The Morgan fingerprint density at radius 3 is 2.87 bits per heavy atom. The van der Waals surface area contributed by atoms with Gasteiger partial charge >= 0.3 is 11.6 Å². The first-order valence-corrected chi connectivity index (χ1v) is 6.94. The molecule has 120 valence electrons. The third kappa shape index (κ3) is 2.50. The summed E-state index contributed by atoms with van der Waals surface area (Å²) in [7, 11) is 0. The van der Waals surface area contributed by atoms with Gasteiger partial charge in [-0.1, -0.05) is 27.2 Å². The average Bonchev–Trinajstić information content (AvgIpc) is 3.08. The number of halogens is 2. The number of hydrogen-bond donors (Lipinski definition) is 0. The van der Waals surface area contributed by atoms with E-state index >= 15 is 0 Å². The maximum absolute atomic E-state index is 14.1. The molecule has 0 aliphatic heterocycles. The lowest BCUT2D eigenvalue weighted by atomic mass is 9.98. The fraction of sp³-hybridized carbons (Fsp3) is 0.273. The van der Waals surface area contributed by atoms with Gasteiger partial charge in [-0.3, -0.25) is 4.52 Å². The van der Waals surface area contributed by atoms with E-state index in [0.29, 0.717) is 0 Å². The second-order valence-corrected chi connectivity index (χ2v) is 5.68. The number of nitrogens with zero attached hydrogens (tertiary/aromatic N) is 5. The molecular formula is C11H7BrFN5O5. The van der Waals surface area contributed by atoms with Crippen LogP contribution in [0.2, 0.25) is 0 Å². The summed E-state index contributed by atoms with van der Waals surface area (Å²) in [5.41, 5.74) is -1.77. The fourth-order valence-corrected chi connectivity index (χ4v) is 2.36. The molecule has 0 fully saturated rings. The van der Waals surface area contributed by atoms with Crippen LogP contribution in [0.3, 0.4) is 0 Å². The molecule has 0 radical (unpaired) electrons. The molecular weight excluding hydrogens is 381 g/mol. The summed E-state index contributed by atoms with van der Waals surface area (Å²) in [6, 6.07) is 0. The zero-order valence-electron chi connectivity index (χ0n) is 11.4. The van der Waals surface area contributed by atoms with Crippen molar-refractivity contribution in [2.24, 2.45) is 0 Å². The Hall–Kier alpha value is -2.63. The molecule has 2 heterocycles. The van der Waals surface area contributed by atoms with Crippen molar-refractivity contribution in [1.29, 1.82) is 0 Å². The lowest BCUT2D eigenvalue weighted by molar-refractivity contribution is -0.390. The molecule has 0 saturated heterocycles. The number of allylic oxidation sites excluding steroid dienone is 4. The number of rotatable bonds is 3. The second-order valence-electron chi connectivity index (χ2n) is 4.82. The van der Waals surface area contributed by atoms with E-state index in [1.807, 2.05) is 0 Å². The Bertz CT molecular complexity index is 908. The molecule has 23 heavy (non-hydrogen) atoms. The monoisotopic (exact) mass is 387 g/mol. The lowest BCUT2D eigenvalue weighted by Gasteiger charge is -2.23. The first-order valence-electron chi connectivity index (χ1n) is 6.14. The van der Waals surface area contributed by atoms with Crippen LogP contribution in [0.4, 0.5) is 10.2 Å². The normalized spacial score (nSPS) is 21.0. The summed E-state index contributed by atoms with van der Waals surface area (Å²) < 4.78 is 24.1. The van der Waals surface area contributed by atoms with Crippen molar-refractivity contribution < 1.29 is 18.5 Å². The molecule has 0 N–H and O–H groups in total. The van der Waals surface area contributed by atoms with E-state index in [4.69, 9.17) is 0 Å². The highest BCUT2D eigenvalue weighted by Gasteiger charge is 2.33. The zero-order valence-corrected chi connectivity index (χ0v) is 13.0. The summed E-state index contributed by atoms with van der Waals surface area (Å²) in [5.74, 6) is -1.90. The number of nitro groups is 1. The van der Waals surface area contributed by atoms with Crippen LogP contribution in [0.15, 0.2) is 30.6 Å². The predicted molar refractivity (Wildman–Crippen MR) is 76.1 cm³/mol. The molecule has 2 aromatic rings. The Balaban J connectivity index is 2.15. The van der Waals surface area contributed by atoms with Crippen LogP contribution in [0.25, 0.3) is 17.2 Å². The molecule has 0 spiro atoms. The highest BCUT2D eigenvalue weighted by atomic mass is 79.9. The van der Waals surface area contributed by atoms with E-state index in [9.17, 15) is 19.3 Å². The van der Waals surface area contributed by atoms with Crippen LogP contribution < -0.4 is 5.76 Å². The van der Waals surface area contributed by atoms with Gasteiger partial charge in [0, 0.05) is 10.9 Å². The quantitative estimate of drug-likeness (QED) is 0.577. The number of alkyl halides is 1. The Labute approximate surface area is 134 Å². The van der Waals surface area contributed by atoms with Crippen LogP contribution in [-0.4, -0.2) is 30.6 Å². The van der Waals surface area contributed by atoms with Gasteiger partial charge in [-0.15, -0.1) is 4.63 Å². The molecule has 0 saturated carbocycles. The highest BCUT2D eigenvalue weighted by Crippen LogP contribution is 2.37. The van der Waals surface area contributed by atoms with Gasteiger partial charge in [0.2, 0.25) is 5.82 Å². The van der Waals surface area contributed by atoms with Gasteiger partial charge in [-0.05, 0) is 23.1 Å². The van der Waals surface area contributed by atoms with Gasteiger partial charge in [-0.25, -0.2) is 13.8 Å². The summed E-state index contributed by atoms with van der Waals surface area (Å²) in [4.78, 5) is 22.0. The molecule has 1 unspecified atom stereocenters. The maximum Gasteiger partial charge on any atom is 0.446 e. The molecule has 2 aromatic heterocycles. The minimum atomic E-state index is -1.62. The molecule has 0 aromatic carbocycles. The van der Waals surface area contributed by atoms with E-state index in [0.717, 1.165) is 4.57 Å². The minimum absolute atomic E-state index is 0.0182. The van der Waals surface area contributed by atoms with E-state index in [-0.39, 0.29) is 28.1 Å². The summed E-state index contributed by atoms with van der Waals surface area (Å²) in [6.07, 6.45) is 2.77. The van der Waals surface area contributed by atoms with E-state index in [1.165, 1.54) is 19.1 Å². The van der Waals surface area contributed by atoms with E-state index in [1.54, 1.807) is 0 Å². The first kappa shape index (κ1) is 15.3. The van der Waals surface area contributed by atoms with Crippen LogP contribution in [-0.2, 0) is 0 Å². The summed E-state index contributed by atoms with van der Waals surface area (Å²) in [6.45, 7) is 1.37.